The van der Waals surface area contributed by atoms with E-state index in [1.165, 1.54) is 219 Å². The van der Waals surface area contributed by atoms with E-state index < -0.39 is 31.3 Å². The van der Waals surface area contributed by atoms with Gasteiger partial charge in [0.05, 0.1) is 0 Å². The minimum Gasteiger partial charge on any atom is -0.741 e. The van der Waals surface area contributed by atoms with Gasteiger partial charge in [-0.3, -0.25) is 0 Å². The summed E-state index contributed by atoms with van der Waals surface area (Å²) in [6, 6.07) is 13.6. The summed E-state index contributed by atoms with van der Waals surface area (Å²) in [7, 11) is -12.2. The molecule has 2 aromatic rings. The normalized spacial score (nSPS) is 12.1. The highest BCUT2D eigenvalue weighted by atomic mass is 32.2. The van der Waals surface area contributed by atoms with Gasteiger partial charge in [-0.15, -0.1) is 0 Å². The van der Waals surface area contributed by atoms with Crippen molar-refractivity contribution in [1.82, 2.24) is 0 Å². The van der Waals surface area contributed by atoms with Crippen LogP contribution in [-0.4, -0.2) is 37.0 Å². The molecule has 2 aromatic heterocycles. The maximum Gasteiger partial charge on any atom is 0.485 e. The lowest BCUT2D eigenvalue weighted by atomic mass is 10.0. The average Bonchev–Trinajstić information content (AvgIpc) is 3.22. The van der Waals surface area contributed by atoms with Crippen molar-refractivity contribution in [3.8, 4) is 0 Å². The second kappa shape index (κ2) is 37.8. The van der Waals surface area contributed by atoms with Crippen LogP contribution in [0, 0.1) is 0 Å². The first-order valence-electron chi connectivity index (χ1n) is 24.3. The molecule has 374 valence electrons. The Labute approximate surface area is 383 Å². The number of hydrogen-bond donors (Lipinski definition) is 0. The minimum atomic E-state index is -6.09. The molecule has 0 aliphatic carbocycles. The van der Waals surface area contributed by atoms with Crippen molar-refractivity contribution in [3.05, 3.63) is 60.2 Å². The maximum absolute atomic E-state index is 10.7. The van der Waals surface area contributed by atoms with Gasteiger partial charge in [0, 0.05) is 49.9 Å². The Morgan fingerprint density at radius 3 is 0.844 bits per heavy atom. The molecule has 0 aromatic carbocycles. The Kier molecular flexibility index (Phi) is 36.4. The molecule has 0 bridgehead atoms. The molecule has 0 amide bonds. The molecule has 2 rings (SSSR count). The molecule has 0 N–H and O–H groups in total. The summed E-state index contributed by atoms with van der Waals surface area (Å²) in [5.74, 6) is 0. The van der Waals surface area contributed by atoms with Crippen LogP contribution in [0.1, 0.15) is 218 Å². The quantitative estimate of drug-likeness (QED) is 0.0223. The molecule has 0 saturated heterocycles. The van der Waals surface area contributed by atoms with Gasteiger partial charge in [-0.25, -0.2) is 26.0 Å². The number of nitrogens with zero attached hydrogens (tertiary/aromatic N) is 2. The number of rotatable bonds is 35. The van der Waals surface area contributed by atoms with Gasteiger partial charge in [0.15, 0.2) is 44.0 Å². The summed E-state index contributed by atoms with van der Waals surface area (Å²) in [6.45, 7) is 7.02. The van der Waals surface area contributed by atoms with Gasteiger partial charge in [0.25, 0.3) is 0 Å². The van der Waals surface area contributed by atoms with Gasteiger partial charge in [-0.2, -0.15) is 26.3 Å². The fraction of sp³-hybridized carbons (Fsp3) is 0.792. The Balaban J connectivity index is 0.00000209. The molecule has 64 heavy (non-hydrogen) atoms. The molecule has 0 radical (unpaired) electrons. The molecule has 0 aliphatic heterocycles. The fourth-order valence-electron chi connectivity index (χ4n) is 7.48. The van der Waals surface area contributed by atoms with E-state index in [0.29, 0.717) is 0 Å². The Morgan fingerprint density at radius 1 is 0.391 bits per heavy atom. The zero-order valence-electron chi connectivity index (χ0n) is 39.1. The van der Waals surface area contributed by atoms with Crippen LogP contribution in [0.25, 0.3) is 0 Å². The number of halogens is 6. The molecule has 0 unspecified atom stereocenters. The van der Waals surface area contributed by atoms with Crippen LogP contribution < -0.4 is 9.13 Å². The van der Waals surface area contributed by atoms with Gasteiger partial charge < -0.3 is 9.11 Å². The standard InChI is InChI=1S/C46H82N2.2CHF3O3S/c1-3-5-7-9-11-13-19-23-27-33-41-47-43-35-31-39-45(47)37-29-25-21-17-15-16-18-22-26-30-38-46-40-32-36-44-48(46)42-34-28-24-20-14-12-10-8-6-4-2;2*2-1(3,4)8(5,6)7/h31-32,35-36,39-40,43-44H,3-30,33-34,37-38,41-42H2,1-2H3;2*(H,5,6,7)/q+2;;/p-2. The van der Waals surface area contributed by atoms with Crippen LogP contribution in [0.5, 0.6) is 0 Å². The second-order valence-corrected chi connectivity index (χ2v) is 19.7. The molecule has 8 nitrogen and oxygen atoms in total. The third-order valence-electron chi connectivity index (χ3n) is 11.3. The summed E-state index contributed by atoms with van der Waals surface area (Å²) < 4.78 is 123. The third-order valence-corrected chi connectivity index (χ3v) is 12.4. The van der Waals surface area contributed by atoms with Crippen LogP contribution in [-0.2, 0) is 46.2 Å². The van der Waals surface area contributed by atoms with Crippen molar-refractivity contribution < 1.29 is 61.4 Å². The van der Waals surface area contributed by atoms with E-state index in [2.05, 4.69) is 71.8 Å². The van der Waals surface area contributed by atoms with Gasteiger partial charge in [-0.1, -0.05) is 180 Å². The maximum atomic E-state index is 10.7. The molecule has 0 atom stereocenters. The Bertz CT molecular complexity index is 1510. The first kappa shape index (κ1) is 61.7. The minimum absolute atomic E-state index is 1.21. The monoisotopic (exact) mass is 961 g/mol. The summed E-state index contributed by atoms with van der Waals surface area (Å²) in [4.78, 5) is 0. The van der Waals surface area contributed by atoms with Crippen molar-refractivity contribution >= 4 is 20.2 Å². The molecule has 2 heterocycles. The lowest BCUT2D eigenvalue weighted by Gasteiger charge is -2.08. The highest BCUT2D eigenvalue weighted by Crippen LogP contribution is 2.21. The highest BCUT2D eigenvalue weighted by molar-refractivity contribution is 7.86. The van der Waals surface area contributed by atoms with Crippen molar-refractivity contribution in [2.45, 2.75) is 243 Å². The summed E-state index contributed by atoms with van der Waals surface area (Å²) in [6.07, 6.45) is 49.5. The number of unbranched alkanes of at least 4 members (excludes halogenated alkanes) is 27. The van der Waals surface area contributed by atoms with Crippen LogP contribution >= 0.6 is 0 Å². The number of pyridine rings is 2. The van der Waals surface area contributed by atoms with E-state index >= 15 is 0 Å². The van der Waals surface area contributed by atoms with Gasteiger partial charge in [0.2, 0.25) is 0 Å². The van der Waals surface area contributed by atoms with Crippen molar-refractivity contribution in [2.24, 2.45) is 0 Å². The van der Waals surface area contributed by atoms with E-state index in [-0.39, 0.29) is 0 Å². The van der Waals surface area contributed by atoms with Crippen LogP contribution in [0.3, 0.4) is 0 Å². The first-order chi connectivity index (χ1) is 30.3. The predicted molar refractivity (Wildman–Crippen MR) is 242 cm³/mol. The van der Waals surface area contributed by atoms with Crippen molar-refractivity contribution in [2.75, 3.05) is 0 Å². The molecule has 0 spiro atoms. The number of hydrogen-bond acceptors (Lipinski definition) is 6. The van der Waals surface area contributed by atoms with Gasteiger partial charge in [-0.05, 0) is 25.7 Å². The van der Waals surface area contributed by atoms with Gasteiger partial charge in [0.1, 0.15) is 13.1 Å². The smallest absolute Gasteiger partial charge is 0.485 e. The highest BCUT2D eigenvalue weighted by Gasteiger charge is 2.37. The molecule has 0 aliphatic rings. The second-order valence-electron chi connectivity index (χ2n) is 17.0. The zero-order valence-corrected chi connectivity index (χ0v) is 40.7. The number of alkyl halides is 6. The van der Waals surface area contributed by atoms with E-state index in [9.17, 15) is 26.3 Å². The Hall–Kier alpha value is -2.30. The lowest BCUT2D eigenvalue weighted by molar-refractivity contribution is -0.704. The zero-order chi connectivity index (χ0) is 48.0. The molecular formula is C48H82F6N2O6S2. The van der Waals surface area contributed by atoms with Gasteiger partial charge >= 0.3 is 11.0 Å². The number of aromatic nitrogens is 2. The molecule has 0 fully saturated rings. The molecule has 16 heteroatoms. The van der Waals surface area contributed by atoms with E-state index in [1.807, 2.05) is 0 Å². The third kappa shape index (κ3) is 35.0. The largest absolute Gasteiger partial charge is 0.741 e. The van der Waals surface area contributed by atoms with Crippen LogP contribution in [0.4, 0.5) is 26.3 Å². The molecule has 0 saturated carbocycles. The van der Waals surface area contributed by atoms with Crippen LogP contribution in [0.15, 0.2) is 48.8 Å². The van der Waals surface area contributed by atoms with E-state index in [0.717, 1.165) is 0 Å². The van der Waals surface area contributed by atoms with E-state index in [1.54, 1.807) is 11.4 Å². The van der Waals surface area contributed by atoms with Crippen molar-refractivity contribution in [1.29, 1.82) is 0 Å². The summed E-state index contributed by atoms with van der Waals surface area (Å²) in [5, 5.41) is 0. The topological polar surface area (TPSA) is 122 Å². The summed E-state index contributed by atoms with van der Waals surface area (Å²) in [5.41, 5.74) is -8.19. The first-order valence-corrected chi connectivity index (χ1v) is 27.2. The predicted octanol–water partition coefficient (Wildman–Crippen LogP) is 13.9. The average molecular weight is 961 g/mol. The SMILES string of the molecule is CCCCCCCCCCCC[n+]1ccccc1CCCCCCCCCCCCc1cccc[n+]1CCCCCCCCCCCC.O=S(=O)([O-])C(F)(F)F.O=S(=O)([O-])C(F)(F)F. The summed E-state index contributed by atoms with van der Waals surface area (Å²) >= 11 is 0. The fourth-order valence-corrected chi connectivity index (χ4v) is 7.48. The van der Waals surface area contributed by atoms with Crippen LogP contribution in [0.2, 0.25) is 0 Å². The van der Waals surface area contributed by atoms with E-state index in [4.69, 9.17) is 25.9 Å². The Morgan fingerprint density at radius 2 is 0.609 bits per heavy atom. The molecular weight excluding hydrogens is 879 g/mol. The lowest BCUT2D eigenvalue weighted by Crippen LogP contribution is -2.37. The number of aryl methyl sites for hydroxylation is 4. The van der Waals surface area contributed by atoms with Crippen molar-refractivity contribution in [3.63, 3.8) is 0 Å².